The van der Waals surface area contributed by atoms with Crippen molar-refractivity contribution in [1.29, 1.82) is 0 Å². The maximum Gasteiger partial charge on any atom is 0.358 e. The molecule has 0 amide bonds. The Balaban J connectivity index is 1.63. The van der Waals surface area contributed by atoms with Crippen molar-refractivity contribution in [3.8, 4) is 0 Å². The second kappa shape index (κ2) is 8.52. The molecule has 3 rings (SSSR count). The third-order valence-corrected chi connectivity index (χ3v) is 4.39. The molecule has 1 aromatic carbocycles. The van der Waals surface area contributed by atoms with Gasteiger partial charge >= 0.3 is 11.7 Å². The molecule has 0 spiro atoms. The van der Waals surface area contributed by atoms with E-state index in [1.807, 2.05) is 43.3 Å². The highest BCUT2D eigenvalue weighted by Crippen LogP contribution is 2.14. The molecule has 2 aromatic rings. The molecule has 0 saturated heterocycles. The first kappa shape index (κ1) is 20.0. The van der Waals surface area contributed by atoms with Gasteiger partial charge in [-0.15, -0.1) is 0 Å². The van der Waals surface area contributed by atoms with Crippen LogP contribution < -0.4 is 14.8 Å². The first-order valence-electron chi connectivity index (χ1n) is 9.14. The van der Waals surface area contributed by atoms with Crippen LogP contribution >= 0.6 is 0 Å². The number of rotatable bonds is 6. The van der Waals surface area contributed by atoms with Gasteiger partial charge in [0.15, 0.2) is 11.8 Å². The minimum atomic E-state index is -0.389. The molecular formula is C22H23N4O3+. The third kappa shape index (κ3) is 4.95. The summed E-state index contributed by atoms with van der Waals surface area (Å²) < 4.78 is 1.47. The topological polar surface area (TPSA) is 86.4 Å². The summed E-state index contributed by atoms with van der Waals surface area (Å²) in [6.45, 7) is 1.77. The minimum absolute atomic E-state index is 0.0790. The summed E-state index contributed by atoms with van der Waals surface area (Å²) in [5.74, 6) is -0.00186. The van der Waals surface area contributed by atoms with E-state index in [4.69, 9.17) is 0 Å². The highest BCUT2D eigenvalue weighted by Gasteiger charge is 2.34. The molecular weight excluding hydrogens is 368 g/mol. The number of ketones is 1. The predicted molar refractivity (Wildman–Crippen MR) is 113 cm³/mol. The van der Waals surface area contributed by atoms with Crippen LogP contribution in [0.1, 0.15) is 23.0 Å². The molecule has 2 N–H and O–H groups in total. The number of nitrogens with zero attached hydrogens (tertiary/aromatic N) is 3. The van der Waals surface area contributed by atoms with Gasteiger partial charge in [0.1, 0.15) is 23.8 Å². The van der Waals surface area contributed by atoms with E-state index < -0.39 is 0 Å². The summed E-state index contributed by atoms with van der Waals surface area (Å²) in [6, 6.07) is 7.49. The number of aliphatic hydroxyl groups excluding tert-OH is 1. The fourth-order valence-corrected chi connectivity index (χ4v) is 2.78. The van der Waals surface area contributed by atoms with Crippen molar-refractivity contribution in [2.75, 3.05) is 24.3 Å². The number of hydrogen-bond donors (Lipinski definition) is 2. The van der Waals surface area contributed by atoms with E-state index in [1.54, 1.807) is 25.4 Å². The average molecular weight is 391 g/mol. The van der Waals surface area contributed by atoms with Crippen molar-refractivity contribution in [1.82, 2.24) is 4.98 Å². The highest BCUT2D eigenvalue weighted by atomic mass is 16.3. The molecule has 29 heavy (non-hydrogen) atoms. The number of nitrogens with one attached hydrogen (secondary N) is 1. The Labute approximate surface area is 169 Å². The maximum atomic E-state index is 12.0. The molecule has 0 aliphatic carbocycles. The van der Waals surface area contributed by atoms with Gasteiger partial charge in [0.25, 0.3) is 0 Å². The quantitative estimate of drug-likeness (QED) is 0.341. The standard InChI is InChI=1S/C22H22N4O3/c1-15-22(29)26-14-17(23-13-21(26)24-15)7-11-20(28)12-19(27)10-6-16-4-8-18(9-5-16)25(2)3/h4-15H,1-3H3,(H,27,28)/p+1/b10-6+,11-7+. The van der Waals surface area contributed by atoms with Crippen LogP contribution in [0.15, 0.2) is 60.6 Å². The average Bonchev–Trinajstić information content (AvgIpc) is 2.98. The first-order chi connectivity index (χ1) is 13.8. The lowest BCUT2D eigenvalue weighted by Gasteiger charge is -2.11. The monoisotopic (exact) mass is 391 g/mol. The number of hydrogen-bond acceptors (Lipinski definition) is 6. The van der Waals surface area contributed by atoms with Crippen molar-refractivity contribution < 1.29 is 19.3 Å². The lowest BCUT2D eigenvalue weighted by atomic mass is 10.1. The molecule has 1 aliphatic rings. The number of benzene rings is 1. The van der Waals surface area contributed by atoms with Gasteiger partial charge in [0.2, 0.25) is 0 Å². The lowest BCUT2D eigenvalue weighted by molar-refractivity contribution is -0.553. The van der Waals surface area contributed by atoms with Gasteiger partial charge in [-0.25, -0.2) is 9.78 Å². The number of aliphatic hydroxyl groups is 1. The van der Waals surface area contributed by atoms with Crippen LogP contribution in [-0.2, 0) is 4.79 Å². The fraction of sp³-hybridized carbons (Fsp3) is 0.182. The van der Waals surface area contributed by atoms with E-state index in [0.717, 1.165) is 17.3 Å². The molecule has 1 aliphatic heterocycles. The number of anilines is 2. The Kier molecular flexibility index (Phi) is 5.87. The molecule has 1 aromatic heterocycles. The van der Waals surface area contributed by atoms with Gasteiger partial charge < -0.3 is 10.0 Å². The maximum absolute atomic E-state index is 12.0. The molecule has 0 saturated carbocycles. The van der Waals surface area contributed by atoms with Crippen molar-refractivity contribution in [2.24, 2.45) is 0 Å². The Hall–Kier alpha value is -3.74. The summed E-state index contributed by atoms with van der Waals surface area (Å²) in [5, 5.41) is 13.0. The fourth-order valence-electron chi connectivity index (χ4n) is 2.78. The third-order valence-electron chi connectivity index (χ3n) is 4.39. The number of aromatic nitrogens is 2. The number of carbonyl (C=O) groups excluding carboxylic acids is 2. The van der Waals surface area contributed by atoms with E-state index in [-0.39, 0.29) is 23.5 Å². The second-order valence-corrected chi connectivity index (χ2v) is 6.90. The molecule has 0 bridgehead atoms. The SMILES string of the molecule is CC1Nc2cnc(/C=C/C(=O)C=C(O)/C=C/c3ccc(N(C)C)cc3)c[n+]2C1=O. The summed E-state index contributed by atoms with van der Waals surface area (Å²) in [6.07, 6.45) is 10.2. The molecule has 1 unspecified atom stereocenters. The summed E-state index contributed by atoms with van der Waals surface area (Å²) >= 11 is 0. The van der Waals surface area contributed by atoms with Crippen molar-refractivity contribution in [3.63, 3.8) is 0 Å². The predicted octanol–water partition coefficient (Wildman–Crippen LogP) is 2.63. The van der Waals surface area contributed by atoms with Crippen LogP contribution in [0.25, 0.3) is 12.2 Å². The Bertz CT molecular complexity index is 1020. The zero-order valence-electron chi connectivity index (χ0n) is 16.5. The van der Waals surface area contributed by atoms with Gasteiger partial charge in [0.05, 0.1) is 0 Å². The molecule has 148 valence electrons. The smallest absolute Gasteiger partial charge is 0.358 e. The van der Waals surface area contributed by atoms with Crippen LogP contribution in [0.2, 0.25) is 0 Å². The van der Waals surface area contributed by atoms with Crippen LogP contribution in [-0.4, -0.2) is 41.9 Å². The number of carbonyl (C=O) groups is 2. The second-order valence-electron chi connectivity index (χ2n) is 6.90. The van der Waals surface area contributed by atoms with Gasteiger partial charge in [0, 0.05) is 25.9 Å². The minimum Gasteiger partial charge on any atom is -0.508 e. The van der Waals surface area contributed by atoms with Crippen LogP contribution in [0.5, 0.6) is 0 Å². The molecule has 2 heterocycles. The van der Waals surface area contributed by atoms with Gasteiger partial charge in [-0.2, -0.15) is 4.57 Å². The van der Waals surface area contributed by atoms with Crippen molar-refractivity contribution >= 4 is 35.3 Å². The van der Waals surface area contributed by atoms with E-state index >= 15 is 0 Å². The Morgan fingerprint density at radius 2 is 1.93 bits per heavy atom. The molecule has 7 heteroatoms. The number of fused-ring (bicyclic) bond motifs is 1. The summed E-state index contributed by atoms with van der Waals surface area (Å²) in [7, 11) is 3.93. The van der Waals surface area contributed by atoms with Crippen LogP contribution in [0, 0.1) is 0 Å². The zero-order chi connectivity index (χ0) is 21.0. The van der Waals surface area contributed by atoms with E-state index in [2.05, 4.69) is 10.3 Å². The van der Waals surface area contributed by atoms with E-state index in [0.29, 0.717) is 11.5 Å². The summed E-state index contributed by atoms with van der Waals surface area (Å²) in [4.78, 5) is 30.2. The normalized spacial score (nSPS) is 16.3. The van der Waals surface area contributed by atoms with E-state index in [9.17, 15) is 14.7 Å². The largest absolute Gasteiger partial charge is 0.508 e. The van der Waals surface area contributed by atoms with Gasteiger partial charge in [-0.3, -0.25) is 10.1 Å². The molecule has 7 nitrogen and oxygen atoms in total. The lowest BCUT2D eigenvalue weighted by Crippen LogP contribution is -2.42. The van der Waals surface area contributed by atoms with Gasteiger partial charge in [-0.1, -0.05) is 18.2 Å². The van der Waals surface area contributed by atoms with E-state index in [1.165, 1.54) is 22.8 Å². The molecule has 0 radical (unpaired) electrons. The van der Waals surface area contributed by atoms with Crippen molar-refractivity contribution in [2.45, 2.75) is 13.0 Å². The van der Waals surface area contributed by atoms with Crippen molar-refractivity contribution in [3.05, 3.63) is 71.9 Å². The van der Waals surface area contributed by atoms with Crippen LogP contribution in [0.3, 0.4) is 0 Å². The highest BCUT2D eigenvalue weighted by molar-refractivity contribution is 6.02. The molecule has 1 atom stereocenters. The Morgan fingerprint density at radius 3 is 2.62 bits per heavy atom. The summed E-state index contributed by atoms with van der Waals surface area (Å²) in [5.41, 5.74) is 2.45. The first-order valence-corrected chi connectivity index (χ1v) is 9.14. The number of allylic oxidation sites excluding steroid dienone is 3. The van der Waals surface area contributed by atoms with Crippen LogP contribution in [0.4, 0.5) is 11.5 Å². The Morgan fingerprint density at radius 1 is 1.21 bits per heavy atom. The molecule has 0 fully saturated rings. The van der Waals surface area contributed by atoms with Gasteiger partial charge in [-0.05, 0) is 42.8 Å². The zero-order valence-corrected chi connectivity index (χ0v) is 16.5.